The monoisotopic (exact) mass is 353 g/mol. The molecule has 2 aromatic carbocycles. The van der Waals surface area contributed by atoms with E-state index in [1.54, 1.807) is 25.0 Å². The summed E-state index contributed by atoms with van der Waals surface area (Å²) in [5.41, 5.74) is 0.887. The van der Waals surface area contributed by atoms with Gasteiger partial charge in [-0.1, -0.05) is 18.2 Å². The Morgan fingerprint density at radius 1 is 1.08 bits per heavy atom. The number of likely N-dealkylation sites (tertiary alicyclic amines) is 1. The van der Waals surface area contributed by atoms with Crippen molar-refractivity contribution in [3.05, 3.63) is 48.0 Å². The molecule has 2 aromatic rings. The van der Waals surface area contributed by atoms with Gasteiger partial charge in [0.05, 0.1) is 7.11 Å². The van der Waals surface area contributed by atoms with Crippen molar-refractivity contribution in [2.45, 2.75) is 25.9 Å². The van der Waals surface area contributed by atoms with E-state index in [-0.39, 0.29) is 5.91 Å². The van der Waals surface area contributed by atoms with Gasteiger partial charge in [-0.25, -0.2) is 4.79 Å². The number of amides is 1. The Bertz CT molecular complexity index is 837. The largest absolute Gasteiger partial charge is 0.497 e. The fourth-order valence-electron chi connectivity index (χ4n) is 3.10. The van der Waals surface area contributed by atoms with Gasteiger partial charge in [-0.2, -0.15) is 0 Å². The first-order valence-electron chi connectivity index (χ1n) is 8.82. The average Bonchev–Trinajstić information content (AvgIpc) is 3.19. The van der Waals surface area contributed by atoms with Gasteiger partial charge < -0.3 is 14.4 Å². The van der Waals surface area contributed by atoms with Crippen molar-refractivity contribution in [1.82, 2.24) is 4.90 Å². The maximum absolute atomic E-state index is 12.2. The highest BCUT2D eigenvalue weighted by atomic mass is 16.5. The highest BCUT2D eigenvalue weighted by molar-refractivity contribution is 5.92. The van der Waals surface area contributed by atoms with Gasteiger partial charge in [0.25, 0.3) is 5.91 Å². The van der Waals surface area contributed by atoms with Gasteiger partial charge in [-0.15, -0.1) is 0 Å². The molecule has 1 heterocycles. The Hall–Kier alpha value is -2.82. The molecular weight excluding hydrogens is 330 g/mol. The molecule has 0 aromatic heterocycles. The van der Waals surface area contributed by atoms with Crippen LogP contribution in [0, 0.1) is 0 Å². The fourth-order valence-corrected chi connectivity index (χ4v) is 3.10. The number of fused-ring (bicyclic) bond motifs is 1. The van der Waals surface area contributed by atoms with Crippen LogP contribution in [0.5, 0.6) is 5.75 Å². The summed E-state index contributed by atoms with van der Waals surface area (Å²) in [5, 5.41) is 2.12. The van der Waals surface area contributed by atoms with E-state index < -0.39 is 12.1 Å². The Balaban J connectivity index is 1.62. The average molecular weight is 353 g/mol. The second-order valence-corrected chi connectivity index (χ2v) is 6.42. The summed E-state index contributed by atoms with van der Waals surface area (Å²) in [5.74, 6) is 0.171. The molecule has 1 aliphatic rings. The van der Waals surface area contributed by atoms with Gasteiger partial charge in [-0.05, 0) is 60.4 Å². The van der Waals surface area contributed by atoms with E-state index >= 15 is 0 Å². The fraction of sp³-hybridized carbons (Fsp3) is 0.333. The maximum atomic E-state index is 12.2. The molecule has 1 amide bonds. The van der Waals surface area contributed by atoms with Gasteiger partial charge in [0.1, 0.15) is 5.75 Å². The molecule has 1 fully saturated rings. The van der Waals surface area contributed by atoms with Gasteiger partial charge in [-0.3, -0.25) is 4.79 Å². The molecule has 0 saturated carbocycles. The molecule has 0 N–H and O–H groups in total. The van der Waals surface area contributed by atoms with Gasteiger partial charge in [0.15, 0.2) is 6.10 Å². The Morgan fingerprint density at radius 2 is 1.77 bits per heavy atom. The van der Waals surface area contributed by atoms with E-state index in [1.807, 2.05) is 36.4 Å². The molecule has 5 heteroatoms. The number of methoxy groups -OCH3 is 1. The summed E-state index contributed by atoms with van der Waals surface area (Å²) in [7, 11) is 1.64. The molecule has 1 atom stereocenters. The molecule has 1 aliphatic heterocycles. The van der Waals surface area contributed by atoms with Crippen LogP contribution in [0.25, 0.3) is 16.8 Å². The van der Waals surface area contributed by atoms with E-state index in [2.05, 4.69) is 0 Å². The summed E-state index contributed by atoms with van der Waals surface area (Å²) in [6.45, 7) is 3.12. The number of hydrogen-bond acceptors (Lipinski definition) is 4. The third-order valence-electron chi connectivity index (χ3n) is 4.54. The Morgan fingerprint density at radius 3 is 2.50 bits per heavy atom. The van der Waals surface area contributed by atoms with Crippen molar-refractivity contribution in [3.63, 3.8) is 0 Å². The van der Waals surface area contributed by atoms with Crippen LogP contribution in [0.1, 0.15) is 25.3 Å². The van der Waals surface area contributed by atoms with Crippen molar-refractivity contribution in [2.24, 2.45) is 0 Å². The molecule has 0 aliphatic carbocycles. The smallest absolute Gasteiger partial charge is 0.331 e. The molecule has 0 radical (unpaired) electrons. The number of esters is 1. The van der Waals surface area contributed by atoms with Crippen molar-refractivity contribution < 1.29 is 19.1 Å². The number of carbonyl (C=O) groups is 2. The maximum Gasteiger partial charge on any atom is 0.331 e. The topological polar surface area (TPSA) is 55.8 Å². The van der Waals surface area contributed by atoms with Crippen LogP contribution in [0.15, 0.2) is 42.5 Å². The van der Waals surface area contributed by atoms with Crippen LogP contribution >= 0.6 is 0 Å². The van der Waals surface area contributed by atoms with E-state index in [0.29, 0.717) is 0 Å². The molecule has 3 rings (SSSR count). The van der Waals surface area contributed by atoms with E-state index in [0.717, 1.165) is 48.0 Å². The SMILES string of the molecule is COc1ccc2cc(/C=C/C(=O)O[C@@H](C)C(=O)N3CCCC3)ccc2c1. The van der Waals surface area contributed by atoms with Crippen molar-refractivity contribution >= 4 is 28.7 Å². The van der Waals surface area contributed by atoms with Gasteiger partial charge in [0.2, 0.25) is 0 Å². The third-order valence-corrected chi connectivity index (χ3v) is 4.54. The normalized spacial score (nSPS) is 15.4. The standard InChI is InChI=1S/C21H23NO4/c1-15(21(24)22-11-3-4-12-22)26-20(23)10-6-16-5-7-18-14-19(25-2)9-8-17(18)13-16/h5-10,13-15H,3-4,11-12H2,1-2H3/b10-6+/t15-/m0/s1. The lowest BCUT2D eigenvalue weighted by atomic mass is 10.1. The van der Waals surface area contributed by atoms with Crippen LogP contribution in [-0.2, 0) is 14.3 Å². The summed E-state index contributed by atoms with van der Waals surface area (Å²) >= 11 is 0. The van der Waals surface area contributed by atoms with Crippen LogP contribution < -0.4 is 4.74 Å². The predicted octanol–water partition coefficient (Wildman–Crippen LogP) is 3.42. The first-order valence-corrected chi connectivity index (χ1v) is 8.82. The summed E-state index contributed by atoms with van der Waals surface area (Å²) in [4.78, 5) is 25.9. The Labute approximate surface area is 153 Å². The zero-order chi connectivity index (χ0) is 18.5. The molecule has 136 valence electrons. The minimum Gasteiger partial charge on any atom is -0.497 e. The van der Waals surface area contributed by atoms with E-state index in [4.69, 9.17) is 9.47 Å². The van der Waals surface area contributed by atoms with Crippen molar-refractivity contribution in [1.29, 1.82) is 0 Å². The van der Waals surface area contributed by atoms with Crippen LogP contribution in [0.3, 0.4) is 0 Å². The van der Waals surface area contributed by atoms with Gasteiger partial charge in [0, 0.05) is 19.2 Å². The highest BCUT2D eigenvalue weighted by Gasteiger charge is 2.25. The van der Waals surface area contributed by atoms with Crippen LogP contribution in [0.2, 0.25) is 0 Å². The lowest BCUT2D eigenvalue weighted by Gasteiger charge is -2.19. The van der Waals surface area contributed by atoms with Crippen molar-refractivity contribution in [2.75, 3.05) is 20.2 Å². The molecule has 5 nitrogen and oxygen atoms in total. The van der Waals surface area contributed by atoms with Gasteiger partial charge >= 0.3 is 5.97 Å². The van der Waals surface area contributed by atoms with Crippen LogP contribution in [-0.4, -0.2) is 43.1 Å². The zero-order valence-electron chi connectivity index (χ0n) is 15.1. The number of ether oxygens (including phenoxy) is 2. The molecular formula is C21H23NO4. The first-order chi connectivity index (χ1) is 12.6. The molecule has 26 heavy (non-hydrogen) atoms. The third kappa shape index (κ3) is 4.23. The number of benzene rings is 2. The quantitative estimate of drug-likeness (QED) is 0.610. The van der Waals surface area contributed by atoms with E-state index in [1.165, 1.54) is 6.08 Å². The number of hydrogen-bond donors (Lipinski definition) is 0. The van der Waals surface area contributed by atoms with E-state index in [9.17, 15) is 9.59 Å². The molecule has 1 saturated heterocycles. The first kappa shape index (κ1) is 18.0. The number of carbonyl (C=O) groups excluding carboxylic acids is 2. The lowest BCUT2D eigenvalue weighted by Crippen LogP contribution is -2.37. The summed E-state index contributed by atoms with van der Waals surface area (Å²) < 4.78 is 10.4. The summed E-state index contributed by atoms with van der Waals surface area (Å²) in [6, 6.07) is 11.7. The number of rotatable bonds is 5. The molecule has 0 unspecified atom stereocenters. The molecule has 0 bridgehead atoms. The summed E-state index contributed by atoms with van der Waals surface area (Å²) in [6.07, 6.45) is 4.33. The highest BCUT2D eigenvalue weighted by Crippen LogP contribution is 2.22. The second-order valence-electron chi connectivity index (χ2n) is 6.42. The van der Waals surface area contributed by atoms with Crippen LogP contribution in [0.4, 0.5) is 0 Å². The minimum absolute atomic E-state index is 0.121. The number of nitrogens with zero attached hydrogens (tertiary/aromatic N) is 1. The molecule has 0 spiro atoms. The second kappa shape index (κ2) is 8.04. The van der Waals surface area contributed by atoms with Crippen molar-refractivity contribution in [3.8, 4) is 5.75 Å². The lowest BCUT2D eigenvalue weighted by molar-refractivity contribution is -0.154. The predicted molar refractivity (Wildman–Crippen MR) is 101 cm³/mol. The zero-order valence-corrected chi connectivity index (χ0v) is 15.1. The minimum atomic E-state index is -0.755. The Kier molecular flexibility index (Phi) is 5.56.